The monoisotopic (exact) mass is 511 g/mol. The van der Waals surface area contributed by atoms with Crippen LogP contribution in [0.1, 0.15) is 66.4 Å². The normalized spacial score (nSPS) is 21.2. The van der Waals surface area contributed by atoms with E-state index < -0.39 is 16.6 Å². The minimum absolute atomic E-state index is 0.179. The second-order valence-electron chi connectivity index (χ2n) is 10.8. The van der Waals surface area contributed by atoms with Gasteiger partial charge in [0.15, 0.2) is 0 Å². The summed E-state index contributed by atoms with van der Waals surface area (Å²) in [5.41, 5.74) is 5.05. The van der Waals surface area contributed by atoms with E-state index in [1.165, 1.54) is 24.0 Å². The fourth-order valence-corrected chi connectivity index (χ4v) is 6.73. The fraction of sp³-hybridized carbons (Fsp3) is 0.519. The molecule has 2 heterocycles. The molecule has 0 radical (unpaired) electrons. The third-order valence-electron chi connectivity index (χ3n) is 8.52. The summed E-state index contributed by atoms with van der Waals surface area (Å²) >= 11 is 0. The smallest absolute Gasteiger partial charge is 0.257 e. The first-order valence-electron chi connectivity index (χ1n) is 12.9. The summed E-state index contributed by atoms with van der Waals surface area (Å²) in [6, 6.07) is 11.1. The van der Waals surface area contributed by atoms with Crippen LogP contribution in [0.15, 0.2) is 36.4 Å². The predicted octanol–water partition coefficient (Wildman–Crippen LogP) is 3.96. The van der Waals surface area contributed by atoms with Gasteiger partial charge in [0.1, 0.15) is 0 Å². The Bertz CT molecular complexity index is 1290. The van der Waals surface area contributed by atoms with Crippen molar-refractivity contribution in [1.82, 2.24) is 0 Å². The second kappa shape index (κ2) is 8.75. The predicted molar refractivity (Wildman–Crippen MR) is 139 cm³/mol. The highest BCUT2D eigenvalue weighted by Gasteiger charge is 2.46. The highest BCUT2D eigenvalue weighted by Crippen LogP contribution is 2.54. The molecule has 2 aliphatic heterocycles. The Labute approximate surface area is 212 Å². The molecule has 9 heteroatoms. The van der Waals surface area contributed by atoms with Gasteiger partial charge in [-0.05, 0) is 91.8 Å². The maximum atomic E-state index is 13.5. The summed E-state index contributed by atoms with van der Waals surface area (Å²) in [4.78, 5) is 15.7. The van der Waals surface area contributed by atoms with Crippen molar-refractivity contribution in [2.75, 3.05) is 40.4 Å². The molecule has 4 aliphatic rings. The number of anilines is 3. The molecule has 2 aromatic rings. The quantitative estimate of drug-likeness (QED) is 0.519. The molecule has 2 aliphatic carbocycles. The molecule has 0 unspecified atom stereocenters. The van der Waals surface area contributed by atoms with Crippen molar-refractivity contribution in [2.45, 2.75) is 57.2 Å². The van der Waals surface area contributed by atoms with Gasteiger partial charge in [0.2, 0.25) is 10.0 Å². The lowest BCUT2D eigenvalue weighted by atomic mass is 9.75. The van der Waals surface area contributed by atoms with Gasteiger partial charge in [-0.15, -0.1) is 0 Å². The molecule has 8 nitrogen and oxygen atoms in total. The summed E-state index contributed by atoms with van der Waals surface area (Å²) in [7, 11) is -3.67. The van der Waals surface area contributed by atoms with Gasteiger partial charge in [-0.2, -0.15) is 0 Å². The zero-order chi connectivity index (χ0) is 25.0. The number of hydrogen-bond acceptors (Lipinski definition) is 6. The number of sulfonamides is 1. The van der Waals surface area contributed by atoms with Crippen molar-refractivity contribution < 1.29 is 23.1 Å². The fourth-order valence-electron chi connectivity index (χ4n) is 5.91. The molecular weight excluding hydrogens is 478 g/mol. The summed E-state index contributed by atoms with van der Waals surface area (Å²) in [6.45, 7) is 1.85. The molecule has 0 aromatic heterocycles. The van der Waals surface area contributed by atoms with E-state index in [4.69, 9.17) is 9.84 Å². The topological polar surface area (TPSA) is 108 Å². The zero-order valence-electron chi connectivity index (χ0n) is 20.4. The highest BCUT2D eigenvalue weighted by atomic mass is 32.2. The number of rotatable bonds is 7. The van der Waals surface area contributed by atoms with Crippen LogP contribution in [0.2, 0.25) is 0 Å². The average Bonchev–Trinajstić information content (AvgIpc) is 3.45. The first kappa shape index (κ1) is 23.8. The Morgan fingerprint density at radius 1 is 1.00 bits per heavy atom. The van der Waals surface area contributed by atoms with Crippen LogP contribution in [0, 0.1) is 5.41 Å². The highest BCUT2D eigenvalue weighted by molar-refractivity contribution is 7.92. The van der Waals surface area contributed by atoms with E-state index in [0.717, 1.165) is 56.6 Å². The first-order valence-corrected chi connectivity index (χ1v) is 14.5. The van der Waals surface area contributed by atoms with Crippen molar-refractivity contribution in [1.29, 1.82) is 0 Å². The lowest BCUT2D eigenvalue weighted by Gasteiger charge is -2.38. The number of hydrogen-bond donors (Lipinski definition) is 3. The molecule has 0 atom stereocenters. The number of nitrogens with one attached hydrogen (secondary N) is 2. The van der Waals surface area contributed by atoms with Crippen molar-refractivity contribution in [2.24, 2.45) is 5.41 Å². The lowest BCUT2D eigenvalue weighted by Crippen LogP contribution is -2.36. The molecule has 2 aromatic carbocycles. The van der Waals surface area contributed by atoms with Crippen LogP contribution in [0.4, 0.5) is 17.1 Å². The van der Waals surface area contributed by atoms with Gasteiger partial charge in [0, 0.05) is 18.8 Å². The van der Waals surface area contributed by atoms with Crippen molar-refractivity contribution in [3.05, 3.63) is 53.1 Å². The van der Waals surface area contributed by atoms with Crippen molar-refractivity contribution in [3.63, 3.8) is 0 Å². The molecule has 2 spiro atoms. The van der Waals surface area contributed by atoms with Crippen LogP contribution in [0.5, 0.6) is 0 Å². The Morgan fingerprint density at radius 3 is 2.42 bits per heavy atom. The van der Waals surface area contributed by atoms with Gasteiger partial charge in [-0.3, -0.25) is 9.52 Å². The van der Waals surface area contributed by atoms with Gasteiger partial charge in [0.25, 0.3) is 5.91 Å². The lowest BCUT2D eigenvalue weighted by molar-refractivity contribution is -0.0943. The summed E-state index contributed by atoms with van der Waals surface area (Å²) < 4.78 is 33.1. The van der Waals surface area contributed by atoms with Crippen LogP contribution >= 0.6 is 0 Å². The van der Waals surface area contributed by atoms with E-state index in [1.807, 2.05) is 18.2 Å². The Morgan fingerprint density at radius 2 is 1.75 bits per heavy atom. The Kier molecular flexibility index (Phi) is 5.77. The minimum atomic E-state index is -3.67. The van der Waals surface area contributed by atoms with Gasteiger partial charge in [-0.25, -0.2) is 8.42 Å². The number of amides is 1. The van der Waals surface area contributed by atoms with E-state index in [9.17, 15) is 13.2 Å². The summed E-state index contributed by atoms with van der Waals surface area (Å²) in [5.74, 6) is -0.594. The number of benzene rings is 2. The zero-order valence-corrected chi connectivity index (χ0v) is 21.2. The molecule has 1 saturated heterocycles. The van der Waals surface area contributed by atoms with Crippen LogP contribution in [0.3, 0.4) is 0 Å². The van der Waals surface area contributed by atoms with Gasteiger partial charge in [0.05, 0.1) is 41.5 Å². The molecule has 3 fully saturated rings. The van der Waals surface area contributed by atoms with Gasteiger partial charge in [-0.1, -0.05) is 6.07 Å². The van der Waals surface area contributed by atoms with Crippen LogP contribution in [0.25, 0.3) is 0 Å². The van der Waals surface area contributed by atoms with Gasteiger partial charge >= 0.3 is 0 Å². The number of carbonyl (C=O) groups is 1. The molecule has 192 valence electrons. The maximum absolute atomic E-state index is 13.5. The molecular formula is C27H33N3O5S. The van der Waals surface area contributed by atoms with Crippen LogP contribution < -0.4 is 14.9 Å². The minimum Gasteiger partial charge on any atom is -0.395 e. The second-order valence-corrected chi connectivity index (χ2v) is 12.7. The third kappa shape index (κ3) is 4.37. The SMILES string of the molecule is O=C(Nc1ccc2c(c1)C1(CCC1)OC2)c1ccc(NS(=O)(=O)CCO)cc1N1CCC2(CC1)CC2. The Balaban J connectivity index is 1.27. The molecule has 2 saturated carbocycles. The largest absolute Gasteiger partial charge is 0.395 e. The van der Waals surface area contributed by atoms with E-state index in [-0.39, 0.29) is 17.3 Å². The van der Waals surface area contributed by atoms with Crippen LogP contribution in [-0.4, -0.2) is 44.9 Å². The molecule has 3 N–H and O–H groups in total. The maximum Gasteiger partial charge on any atom is 0.257 e. The number of piperidine rings is 1. The number of aliphatic hydroxyl groups excluding tert-OH is 1. The van der Waals surface area contributed by atoms with E-state index in [1.54, 1.807) is 18.2 Å². The number of carbonyl (C=O) groups excluding carboxylic acids is 1. The van der Waals surface area contributed by atoms with Crippen molar-refractivity contribution >= 4 is 33.0 Å². The van der Waals surface area contributed by atoms with Gasteiger partial charge < -0.3 is 20.1 Å². The Hall–Kier alpha value is -2.62. The number of fused-ring (bicyclic) bond motifs is 2. The van der Waals surface area contributed by atoms with E-state index in [2.05, 4.69) is 14.9 Å². The standard InChI is InChI=1S/C27H33N3O5S/c31-14-15-36(33,34)29-21-4-5-22(24(17-21)30-12-10-26(8-9-26)11-13-30)25(32)28-20-3-2-19-18-35-27(6-1-7-27)23(19)16-20/h2-5,16-17,29,31H,1,6-15,18H2,(H,28,32). The molecule has 1 amide bonds. The van der Waals surface area contributed by atoms with E-state index in [0.29, 0.717) is 23.3 Å². The van der Waals surface area contributed by atoms with Crippen LogP contribution in [-0.2, 0) is 27.0 Å². The third-order valence-corrected chi connectivity index (χ3v) is 9.79. The van der Waals surface area contributed by atoms with E-state index >= 15 is 0 Å². The first-order chi connectivity index (χ1) is 17.3. The molecule has 0 bridgehead atoms. The summed E-state index contributed by atoms with van der Waals surface area (Å²) in [6.07, 6.45) is 7.92. The number of nitrogens with zero attached hydrogens (tertiary/aromatic N) is 1. The number of aliphatic hydroxyl groups is 1. The average molecular weight is 512 g/mol. The molecule has 6 rings (SSSR count). The summed E-state index contributed by atoms with van der Waals surface area (Å²) in [5, 5.41) is 12.1. The van der Waals surface area contributed by atoms with Crippen molar-refractivity contribution in [3.8, 4) is 0 Å². The number of ether oxygens (including phenoxy) is 1. The molecule has 36 heavy (non-hydrogen) atoms.